The van der Waals surface area contributed by atoms with Gasteiger partial charge in [0.25, 0.3) is 0 Å². The molecule has 0 unspecified atom stereocenters. The highest BCUT2D eigenvalue weighted by Crippen LogP contribution is 2.32. The molecule has 0 radical (unpaired) electrons. The second-order valence-corrected chi connectivity index (χ2v) is 7.49. The lowest BCUT2D eigenvalue weighted by Crippen LogP contribution is -2.29. The summed E-state index contributed by atoms with van der Waals surface area (Å²) in [6, 6.07) is 9.64. The van der Waals surface area contributed by atoms with Gasteiger partial charge in [0.05, 0.1) is 34.4 Å². The van der Waals surface area contributed by atoms with E-state index in [-0.39, 0.29) is 36.2 Å². The van der Waals surface area contributed by atoms with Crippen molar-refractivity contribution in [2.45, 2.75) is 25.7 Å². The Morgan fingerprint density at radius 2 is 1.31 bits per heavy atom. The van der Waals surface area contributed by atoms with E-state index in [0.717, 1.165) is 5.56 Å². The molecule has 0 aliphatic carbocycles. The van der Waals surface area contributed by atoms with E-state index in [1.807, 2.05) is 0 Å². The molecule has 0 aliphatic heterocycles. The Hall–Kier alpha value is -3.42. The highest BCUT2D eigenvalue weighted by atomic mass is 16.5. The van der Waals surface area contributed by atoms with Crippen molar-refractivity contribution in [3.05, 3.63) is 47.5 Å². The summed E-state index contributed by atoms with van der Waals surface area (Å²) in [6.45, 7) is 0. The molecule has 8 nitrogen and oxygen atoms in total. The van der Waals surface area contributed by atoms with Gasteiger partial charge in [-0.15, -0.1) is 0 Å². The van der Waals surface area contributed by atoms with E-state index in [4.69, 9.17) is 18.9 Å². The molecular formula is C24H30O8. The van der Waals surface area contributed by atoms with Crippen LogP contribution in [0.25, 0.3) is 0 Å². The van der Waals surface area contributed by atoms with Gasteiger partial charge >= 0.3 is 11.9 Å². The monoisotopic (exact) mass is 446 g/mol. The van der Waals surface area contributed by atoms with Crippen LogP contribution in [0.1, 0.15) is 24.0 Å². The van der Waals surface area contributed by atoms with Crippen molar-refractivity contribution >= 4 is 11.9 Å². The molecule has 0 saturated carbocycles. The molecular weight excluding hydrogens is 416 g/mol. The maximum absolute atomic E-state index is 12.8. The van der Waals surface area contributed by atoms with Gasteiger partial charge in [-0.3, -0.25) is 9.59 Å². The summed E-state index contributed by atoms with van der Waals surface area (Å²) in [7, 11) is 5.62. The number of hydrogen-bond donors (Lipinski definition) is 2. The van der Waals surface area contributed by atoms with Gasteiger partial charge in [-0.1, -0.05) is 0 Å². The molecule has 0 amide bonds. The maximum Gasteiger partial charge on any atom is 0.309 e. The van der Waals surface area contributed by atoms with Gasteiger partial charge < -0.3 is 29.2 Å². The number of hydrogen-bond acceptors (Lipinski definition) is 8. The molecule has 8 heteroatoms. The van der Waals surface area contributed by atoms with Gasteiger partial charge in [0.1, 0.15) is 23.0 Å². The number of benzene rings is 2. The fourth-order valence-corrected chi connectivity index (χ4v) is 3.76. The van der Waals surface area contributed by atoms with Crippen LogP contribution in [0.5, 0.6) is 23.0 Å². The molecule has 0 aliphatic rings. The van der Waals surface area contributed by atoms with Crippen LogP contribution in [0.2, 0.25) is 0 Å². The molecule has 2 atom stereocenters. The van der Waals surface area contributed by atoms with Crippen molar-refractivity contribution in [2.75, 3.05) is 28.4 Å². The van der Waals surface area contributed by atoms with Crippen LogP contribution in [0, 0.1) is 11.8 Å². The zero-order valence-electron chi connectivity index (χ0n) is 18.8. The minimum absolute atomic E-state index is 0.0202. The van der Waals surface area contributed by atoms with Gasteiger partial charge in [-0.25, -0.2) is 0 Å². The van der Waals surface area contributed by atoms with Crippen LogP contribution < -0.4 is 9.47 Å². The zero-order chi connectivity index (χ0) is 23.7. The summed E-state index contributed by atoms with van der Waals surface area (Å²) in [4.78, 5) is 24.6. The highest BCUT2D eigenvalue weighted by molar-refractivity contribution is 5.73. The van der Waals surface area contributed by atoms with Crippen molar-refractivity contribution in [1.29, 1.82) is 0 Å². The third kappa shape index (κ3) is 7.08. The molecule has 32 heavy (non-hydrogen) atoms. The van der Waals surface area contributed by atoms with Crippen molar-refractivity contribution in [1.82, 2.24) is 0 Å². The second-order valence-electron chi connectivity index (χ2n) is 7.49. The molecule has 0 spiro atoms. The number of esters is 2. The summed E-state index contributed by atoms with van der Waals surface area (Å²) >= 11 is 0. The first-order valence-electron chi connectivity index (χ1n) is 10.2. The predicted molar refractivity (Wildman–Crippen MR) is 117 cm³/mol. The molecule has 0 bridgehead atoms. The molecule has 0 fully saturated rings. The quantitative estimate of drug-likeness (QED) is 0.506. The maximum atomic E-state index is 12.8. The molecule has 0 heterocycles. The molecule has 0 saturated heterocycles. The standard InChI is InChI=1S/C24H30O8/c1-29-20-10-15(8-18(25)13-20)7-17(5-6-23(27)31-3)22(24(28)32-4)12-16-9-19(26)14-21(11-16)30-2/h8-11,13-14,17,22,25-26H,5-7,12H2,1-4H3/t17-,22-/m0/s1. The Morgan fingerprint density at radius 3 is 1.78 bits per heavy atom. The van der Waals surface area contributed by atoms with Crippen molar-refractivity contribution in [3.8, 4) is 23.0 Å². The van der Waals surface area contributed by atoms with E-state index in [0.29, 0.717) is 29.9 Å². The number of rotatable bonds is 11. The molecule has 2 aromatic rings. The first kappa shape index (κ1) is 24.8. The predicted octanol–water partition coefficient (Wildman–Crippen LogP) is 3.26. The fourth-order valence-electron chi connectivity index (χ4n) is 3.76. The lowest BCUT2D eigenvalue weighted by Gasteiger charge is -2.26. The van der Waals surface area contributed by atoms with Crippen LogP contribution in [0.3, 0.4) is 0 Å². The van der Waals surface area contributed by atoms with Gasteiger partial charge in [0.2, 0.25) is 0 Å². The number of carbonyl (C=O) groups is 2. The number of ether oxygens (including phenoxy) is 4. The number of carbonyl (C=O) groups excluding carboxylic acids is 2. The first-order chi connectivity index (χ1) is 15.3. The average molecular weight is 446 g/mol. The van der Waals surface area contributed by atoms with Crippen LogP contribution in [-0.4, -0.2) is 50.6 Å². The number of phenols is 2. The lowest BCUT2D eigenvalue weighted by atomic mass is 9.80. The van der Waals surface area contributed by atoms with Crippen molar-refractivity contribution in [2.24, 2.45) is 11.8 Å². The van der Waals surface area contributed by atoms with Gasteiger partial charge in [-0.05, 0) is 60.6 Å². The smallest absolute Gasteiger partial charge is 0.309 e. The molecule has 174 valence electrons. The Kier molecular flexibility index (Phi) is 9.19. The van der Waals surface area contributed by atoms with Gasteiger partial charge in [-0.2, -0.15) is 0 Å². The van der Waals surface area contributed by atoms with E-state index in [2.05, 4.69) is 0 Å². The van der Waals surface area contributed by atoms with Crippen molar-refractivity contribution in [3.63, 3.8) is 0 Å². The van der Waals surface area contributed by atoms with E-state index < -0.39 is 11.9 Å². The van der Waals surface area contributed by atoms with Crippen LogP contribution in [0.15, 0.2) is 36.4 Å². The molecule has 2 aromatic carbocycles. The number of aromatic hydroxyl groups is 2. The molecule has 2 N–H and O–H groups in total. The summed E-state index contributed by atoms with van der Waals surface area (Å²) < 4.78 is 20.3. The van der Waals surface area contributed by atoms with Crippen LogP contribution in [-0.2, 0) is 31.9 Å². The summed E-state index contributed by atoms with van der Waals surface area (Å²) in [5.41, 5.74) is 1.44. The number of methoxy groups -OCH3 is 4. The van der Waals surface area contributed by atoms with Crippen molar-refractivity contribution < 1.29 is 38.7 Å². The minimum atomic E-state index is -0.621. The third-order valence-electron chi connectivity index (χ3n) is 5.35. The van der Waals surface area contributed by atoms with Crippen LogP contribution in [0.4, 0.5) is 0 Å². The lowest BCUT2D eigenvalue weighted by molar-refractivity contribution is -0.148. The topological polar surface area (TPSA) is 112 Å². The third-order valence-corrected chi connectivity index (χ3v) is 5.35. The zero-order valence-corrected chi connectivity index (χ0v) is 18.8. The van der Waals surface area contributed by atoms with E-state index in [1.54, 1.807) is 24.3 Å². The molecule has 2 rings (SSSR count). The van der Waals surface area contributed by atoms with E-state index >= 15 is 0 Å². The van der Waals surface area contributed by atoms with E-state index in [1.165, 1.54) is 40.6 Å². The molecule has 0 aromatic heterocycles. The Balaban J connectivity index is 2.40. The second kappa shape index (κ2) is 11.8. The normalized spacial score (nSPS) is 12.5. The Morgan fingerprint density at radius 1 is 0.781 bits per heavy atom. The first-order valence-corrected chi connectivity index (χ1v) is 10.2. The highest BCUT2D eigenvalue weighted by Gasteiger charge is 2.31. The van der Waals surface area contributed by atoms with E-state index in [9.17, 15) is 19.8 Å². The Labute approximate surface area is 187 Å². The summed E-state index contributed by atoms with van der Waals surface area (Å²) in [5.74, 6) is -0.747. The fraction of sp³-hybridized carbons (Fsp3) is 0.417. The Bertz CT molecular complexity index is 924. The van der Waals surface area contributed by atoms with Gasteiger partial charge in [0, 0.05) is 18.6 Å². The van der Waals surface area contributed by atoms with Gasteiger partial charge in [0.15, 0.2) is 0 Å². The van der Waals surface area contributed by atoms with Crippen LogP contribution >= 0.6 is 0 Å². The summed E-state index contributed by atoms with van der Waals surface area (Å²) in [6.07, 6.45) is 1.13. The number of phenolic OH excluding ortho intramolecular Hbond substituents is 2. The average Bonchev–Trinajstić information content (AvgIpc) is 2.78. The summed E-state index contributed by atoms with van der Waals surface area (Å²) in [5, 5.41) is 20.0. The largest absolute Gasteiger partial charge is 0.508 e. The SMILES string of the molecule is COC(=O)CC[C@@H](Cc1cc(O)cc(OC)c1)[C@H](Cc1cc(O)cc(OC)c1)C(=O)OC. The minimum Gasteiger partial charge on any atom is -0.508 e.